The predicted molar refractivity (Wildman–Crippen MR) is 78.4 cm³/mol. The number of nitrogens with zero attached hydrogens (tertiary/aromatic N) is 2. The summed E-state index contributed by atoms with van der Waals surface area (Å²) in [4.78, 5) is 0. The first-order chi connectivity index (χ1) is 10.4. The number of alkyl halides is 3. The van der Waals surface area contributed by atoms with Crippen molar-refractivity contribution in [2.75, 3.05) is 5.73 Å². The first-order valence-corrected chi connectivity index (χ1v) is 6.54. The Hall–Kier alpha value is -2.76. The molecule has 0 atom stereocenters. The van der Waals surface area contributed by atoms with Crippen LogP contribution >= 0.6 is 0 Å². The molecule has 0 radical (unpaired) electrons. The van der Waals surface area contributed by atoms with Gasteiger partial charge < -0.3 is 5.73 Å². The molecule has 112 valence electrons. The van der Waals surface area contributed by atoms with Crippen LogP contribution in [0.2, 0.25) is 0 Å². The molecular weight excluding hydrogens is 291 g/mol. The SMILES string of the molecule is Nc1cc(-c2cccc(C(F)(F)F)c2)n(-c2ccccc2)n1. The van der Waals surface area contributed by atoms with E-state index in [1.165, 1.54) is 10.7 Å². The number of nitrogen functional groups attached to an aromatic ring is 1. The lowest BCUT2D eigenvalue weighted by Crippen LogP contribution is -2.05. The fourth-order valence-corrected chi connectivity index (χ4v) is 2.23. The molecule has 3 nitrogen and oxygen atoms in total. The normalized spacial score (nSPS) is 11.6. The number of para-hydroxylation sites is 1. The zero-order valence-corrected chi connectivity index (χ0v) is 11.4. The molecule has 0 bridgehead atoms. The quantitative estimate of drug-likeness (QED) is 0.773. The van der Waals surface area contributed by atoms with Gasteiger partial charge in [-0.1, -0.05) is 30.3 Å². The lowest BCUT2D eigenvalue weighted by molar-refractivity contribution is -0.137. The molecule has 6 heteroatoms. The second-order valence-corrected chi connectivity index (χ2v) is 4.78. The fourth-order valence-electron chi connectivity index (χ4n) is 2.23. The first-order valence-electron chi connectivity index (χ1n) is 6.54. The molecule has 1 heterocycles. The van der Waals surface area contributed by atoms with Crippen LogP contribution in [0, 0.1) is 0 Å². The van der Waals surface area contributed by atoms with Crippen molar-refractivity contribution in [3.63, 3.8) is 0 Å². The smallest absolute Gasteiger partial charge is 0.382 e. The Labute approximate surface area is 124 Å². The lowest BCUT2D eigenvalue weighted by Gasteiger charge is -2.10. The molecule has 2 aromatic carbocycles. The third kappa shape index (κ3) is 2.67. The molecule has 3 rings (SSSR count). The fraction of sp³-hybridized carbons (Fsp3) is 0.0625. The molecule has 3 aromatic rings. The van der Waals surface area contributed by atoms with Crippen LogP contribution in [0.3, 0.4) is 0 Å². The summed E-state index contributed by atoms with van der Waals surface area (Å²) >= 11 is 0. The van der Waals surface area contributed by atoms with E-state index in [-0.39, 0.29) is 5.82 Å². The van der Waals surface area contributed by atoms with Gasteiger partial charge in [0.15, 0.2) is 0 Å². The average Bonchev–Trinajstić information content (AvgIpc) is 2.89. The van der Waals surface area contributed by atoms with Gasteiger partial charge in [0.05, 0.1) is 16.9 Å². The highest BCUT2D eigenvalue weighted by molar-refractivity contribution is 5.66. The number of anilines is 1. The molecule has 0 saturated carbocycles. The van der Waals surface area contributed by atoms with Gasteiger partial charge in [-0.25, -0.2) is 4.68 Å². The second kappa shape index (κ2) is 5.22. The lowest BCUT2D eigenvalue weighted by atomic mass is 10.1. The molecule has 0 fully saturated rings. The van der Waals surface area contributed by atoms with E-state index < -0.39 is 11.7 Å². The van der Waals surface area contributed by atoms with Gasteiger partial charge >= 0.3 is 6.18 Å². The van der Waals surface area contributed by atoms with Crippen molar-refractivity contribution in [3.8, 4) is 16.9 Å². The number of halogens is 3. The minimum Gasteiger partial charge on any atom is -0.382 e. The standard InChI is InChI=1S/C16H12F3N3/c17-16(18,19)12-6-4-5-11(9-12)14-10-15(20)21-22(14)13-7-2-1-3-8-13/h1-10H,(H2,20,21). The van der Waals surface area contributed by atoms with Crippen LogP contribution in [-0.2, 0) is 6.18 Å². The Balaban J connectivity index is 2.14. The van der Waals surface area contributed by atoms with E-state index in [4.69, 9.17) is 5.73 Å². The molecule has 0 aliphatic heterocycles. The van der Waals surface area contributed by atoms with E-state index in [1.807, 2.05) is 30.3 Å². The van der Waals surface area contributed by atoms with Gasteiger partial charge in [-0.05, 0) is 24.3 Å². The van der Waals surface area contributed by atoms with Crippen molar-refractivity contribution in [2.24, 2.45) is 0 Å². The minimum absolute atomic E-state index is 0.247. The number of hydrogen-bond acceptors (Lipinski definition) is 2. The molecule has 2 N–H and O–H groups in total. The molecule has 0 saturated heterocycles. The van der Waals surface area contributed by atoms with Crippen LogP contribution in [0.25, 0.3) is 16.9 Å². The zero-order valence-electron chi connectivity index (χ0n) is 11.4. The maximum atomic E-state index is 12.9. The van der Waals surface area contributed by atoms with E-state index in [2.05, 4.69) is 5.10 Å². The maximum Gasteiger partial charge on any atom is 0.416 e. The maximum absolute atomic E-state index is 12.9. The summed E-state index contributed by atoms with van der Waals surface area (Å²) in [5.74, 6) is 0.247. The van der Waals surface area contributed by atoms with Crippen LogP contribution in [-0.4, -0.2) is 9.78 Å². The summed E-state index contributed by atoms with van der Waals surface area (Å²) in [6.07, 6.45) is -4.39. The molecule has 0 aliphatic rings. The average molecular weight is 303 g/mol. The van der Waals surface area contributed by atoms with Crippen LogP contribution < -0.4 is 5.73 Å². The van der Waals surface area contributed by atoms with E-state index in [1.54, 1.807) is 12.1 Å². The monoisotopic (exact) mass is 303 g/mol. The highest BCUT2D eigenvalue weighted by Crippen LogP contribution is 2.33. The van der Waals surface area contributed by atoms with Crippen LogP contribution in [0.4, 0.5) is 19.0 Å². The summed E-state index contributed by atoms with van der Waals surface area (Å²) in [6.45, 7) is 0. The van der Waals surface area contributed by atoms with Gasteiger partial charge in [0, 0.05) is 11.6 Å². The largest absolute Gasteiger partial charge is 0.416 e. The Morgan fingerprint density at radius 3 is 2.32 bits per heavy atom. The van der Waals surface area contributed by atoms with Crippen molar-refractivity contribution in [1.82, 2.24) is 9.78 Å². The van der Waals surface area contributed by atoms with Gasteiger partial charge in [-0.2, -0.15) is 18.3 Å². The zero-order chi connectivity index (χ0) is 15.7. The summed E-state index contributed by atoms with van der Waals surface area (Å²) in [5.41, 5.74) is 6.66. The van der Waals surface area contributed by atoms with Crippen LogP contribution in [0.15, 0.2) is 60.7 Å². The third-order valence-electron chi connectivity index (χ3n) is 3.21. The highest BCUT2D eigenvalue weighted by atomic mass is 19.4. The van der Waals surface area contributed by atoms with E-state index >= 15 is 0 Å². The van der Waals surface area contributed by atoms with Gasteiger partial charge in [0.2, 0.25) is 0 Å². The second-order valence-electron chi connectivity index (χ2n) is 4.78. The van der Waals surface area contributed by atoms with Crippen LogP contribution in [0.5, 0.6) is 0 Å². The Kier molecular flexibility index (Phi) is 3.36. The van der Waals surface area contributed by atoms with Gasteiger partial charge in [-0.15, -0.1) is 0 Å². The summed E-state index contributed by atoms with van der Waals surface area (Å²) in [5, 5.41) is 4.16. The Morgan fingerprint density at radius 2 is 1.64 bits per heavy atom. The van der Waals surface area contributed by atoms with Crippen molar-refractivity contribution >= 4 is 5.82 Å². The Morgan fingerprint density at radius 1 is 0.909 bits per heavy atom. The van der Waals surface area contributed by atoms with Crippen molar-refractivity contribution in [3.05, 3.63) is 66.2 Å². The molecule has 0 amide bonds. The summed E-state index contributed by atoms with van der Waals surface area (Å²) in [7, 11) is 0. The minimum atomic E-state index is -4.39. The first kappa shape index (κ1) is 14.2. The van der Waals surface area contributed by atoms with Gasteiger partial charge in [0.25, 0.3) is 0 Å². The van der Waals surface area contributed by atoms with Crippen molar-refractivity contribution in [2.45, 2.75) is 6.18 Å². The van der Waals surface area contributed by atoms with Gasteiger partial charge in [0.1, 0.15) is 5.82 Å². The van der Waals surface area contributed by atoms with Gasteiger partial charge in [-0.3, -0.25) is 0 Å². The third-order valence-corrected chi connectivity index (χ3v) is 3.21. The number of nitrogens with two attached hydrogens (primary N) is 1. The molecule has 0 aliphatic carbocycles. The molecule has 22 heavy (non-hydrogen) atoms. The number of hydrogen-bond donors (Lipinski definition) is 1. The Bertz CT molecular complexity index is 792. The molecule has 0 spiro atoms. The van der Waals surface area contributed by atoms with E-state index in [9.17, 15) is 13.2 Å². The molecular formula is C16H12F3N3. The topological polar surface area (TPSA) is 43.8 Å². The summed E-state index contributed by atoms with van der Waals surface area (Å²) < 4.78 is 40.1. The number of aromatic nitrogens is 2. The predicted octanol–water partition coefficient (Wildman–Crippen LogP) is 4.14. The van der Waals surface area contributed by atoms with E-state index in [0.29, 0.717) is 11.3 Å². The molecule has 1 aromatic heterocycles. The number of rotatable bonds is 2. The van der Waals surface area contributed by atoms with Crippen molar-refractivity contribution in [1.29, 1.82) is 0 Å². The van der Waals surface area contributed by atoms with Crippen LogP contribution in [0.1, 0.15) is 5.56 Å². The summed E-state index contributed by atoms with van der Waals surface area (Å²) in [6, 6.07) is 15.8. The number of benzene rings is 2. The van der Waals surface area contributed by atoms with E-state index in [0.717, 1.165) is 17.8 Å². The molecule has 0 unspecified atom stereocenters. The van der Waals surface area contributed by atoms with Crippen molar-refractivity contribution < 1.29 is 13.2 Å². The highest BCUT2D eigenvalue weighted by Gasteiger charge is 2.30.